The second kappa shape index (κ2) is 7.64. The van der Waals surface area contributed by atoms with E-state index in [0.29, 0.717) is 6.04 Å². The average molecular weight is 224 g/mol. The molecule has 16 heavy (non-hydrogen) atoms. The number of rotatable bonds is 9. The predicted molar refractivity (Wildman–Crippen MR) is 73.8 cm³/mol. The molecule has 0 radical (unpaired) electrons. The fourth-order valence-corrected chi connectivity index (χ4v) is 1.86. The van der Waals surface area contributed by atoms with Gasteiger partial charge >= 0.3 is 0 Å². The first-order chi connectivity index (χ1) is 7.47. The molecule has 0 bridgehead atoms. The predicted octanol–water partition coefficient (Wildman–Crippen LogP) is 2.68. The molecule has 0 aromatic rings. The molecular weight excluding hydrogens is 196 g/mol. The van der Waals surface area contributed by atoms with Crippen LogP contribution in [-0.4, -0.2) is 37.1 Å². The maximum absolute atomic E-state index is 3.80. The third-order valence-electron chi connectivity index (χ3n) is 3.09. The van der Waals surface area contributed by atoms with Gasteiger partial charge in [-0.15, -0.1) is 13.2 Å². The number of nitrogens with one attached hydrogen (secondary N) is 1. The van der Waals surface area contributed by atoms with Crippen LogP contribution in [0.5, 0.6) is 0 Å². The Morgan fingerprint density at radius 3 is 2.12 bits per heavy atom. The molecule has 0 amide bonds. The Bertz CT molecular complexity index is 199. The van der Waals surface area contributed by atoms with E-state index < -0.39 is 0 Å². The fraction of sp³-hybridized carbons (Fsp3) is 0.714. The molecule has 0 aliphatic heterocycles. The first-order valence-corrected chi connectivity index (χ1v) is 6.15. The van der Waals surface area contributed by atoms with Crippen LogP contribution in [0.1, 0.15) is 27.7 Å². The van der Waals surface area contributed by atoms with Crippen molar-refractivity contribution in [3.8, 4) is 0 Å². The zero-order valence-corrected chi connectivity index (χ0v) is 11.4. The van der Waals surface area contributed by atoms with Gasteiger partial charge in [0.25, 0.3) is 0 Å². The Hall–Kier alpha value is -0.600. The molecule has 94 valence electrons. The molecule has 2 heteroatoms. The maximum Gasteiger partial charge on any atom is 0.0164 e. The van der Waals surface area contributed by atoms with Crippen molar-refractivity contribution < 1.29 is 0 Å². The van der Waals surface area contributed by atoms with Crippen LogP contribution in [0.4, 0.5) is 0 Å². The topological polar surface area (TPSA) is 15.3 Å². The first kappa shape index (κ1) is 15.4. The van der Waals surface area contributed by atoms with Gasteiger partial charge in [-0.1, -0.05) is 32.9 Å². The van der Waals surface area contributed by atoms with Crippen molar-refractivity contribution in [2.75, 3.05) is 26.2 Å². The largest absolute Gasteiger partial charge is 0.314 e. The van der Waals surface area contributed by atoms with Crippen LogP contribution in [0, 0.1) is 5.41 Å². The van der Waals surface area contributed by atoms with Gasteiger partial charge in [-0.25, -0.2) is 0 Å². The van der Waals surface area contributed by atoms with Crippen LogP contribution in [-0.2, 0) is 0 Å². The van der Waals surface area contributed by atoms with Crippen molar-refractivity contribution in [3.05, 3.63) is 25.3 Å². The summed E-state index contributed by atoms with van der Waals surface area (Å²) in [5.41, 5.74) is 0.252. The third kappa shape index (κ3) is 5.47. The van der Waals surface area contributed by atoms with E-state index in [1.54, 1.807) is 0 Å². The molecular formula is C14H28N2. The lowest BCUT2D eigenvalue weighted by Gasteiger charge is -2.37. The lowest BCUT2D eigenvalue weighted by Crippen LogP contribution is -2.46. The van der Waals surface area contributed by atoms with Crippen molar-refractivity contribution in [1.82, 2.24) is 10.2 Å². The van der Waals surface area contributed by atoms with Crippen LogP contribution in [0.2, 0.25) is 0 Å². The van der Waals surface area contributed by atoms with E-state index in [-0.39, 0.29) is 5.41 Å². The SMILES string of the molecule is C=CCN(CC=C)CC(C)(C)C(C)NCC. The van der Waals surface area contributed by atoms with Gasteiger partial charge in [0.15, 0.2) is 0 Å². The normalized spacial score (nSPS) is 13.8. The molecule has 0 fully saturated rings. The van der Waals surface area contributed by atoms with Gasteiger partial charge in [0, 0.05) is 25.7 Å². The molecule has 0 saturated carbocycles. The number of nitrogens with zero attached hydrogens (tertiary/aromatic N) is 1. The number of hydrogen-bond donors (Lipinski definition) is 1. The highest BCUT2D eigenvalue weighted by atomic mass is 15.1. The van der Waals surface area contributed by atoms with Crippen molar-refractivity contribution in [1.29, 1.82) is 0 Å². The maximum atomic E-state index is 3.80. The smallest absolute Gasteiger partial charge is 0.0164 e. The molecule has 0 saturated heterocycles. The minimum atomic E-state index is 0.252. The van der Waals surface area contributed by atoms with E-state index in [4.69, 9.17) is 0 Å². The van der Waals surface area contributed by atoms with Gasteiger partial charge in [-0.2, -0.15) is 0 Å². The lowest BCUT2D eigenvalue weighted by atomic mass is 9.84. The molecule has 1 N–H and O–H groups in total. The third-order valence-corrected chi connectivity index (χ3v) is 3.09. The molecule has 0 spiro atoms. The molecule has 0 aromatic carbocycles. The quantitative estimate of drug-likeness (QED) is 0.606. The Balaban J connectivity index is 4.37. The summed E-state index contributed by atoms with van der Waals surface area (Å²) in [6, 6.07) is 0.509. The molecule has 2 nitrogen and oxygen atoms in total. The van der Waals surface area contributed by atoms with Gasteiger partial charge in [-0.3, -0.25) is 4.90 Å². The summed E-state index contributed by atoms with van der Waals surface area (Å²) >= 11 is 0. The van der Waals surface area contributed by atoms with Gasteiger partial charge in [-0.05, 0) is 18.9 Å². The lowest BCUT2D eigenvalue weighted by molar-refractivity contribution is 0.164. The standard InChI is InChI=1S/C14H28N2/c1-7-10-16(11-8-2)12-14(5,6)13(4)15-9-3/h7-8,13,15H,1-2,9-12H2,3-6H3. The zero-order chi connectivity index (χ0) is 12.6. The van der Waals surface area contributed by atoms with Crippen LogP contribution >= 0.6 is 0 Å². The molecule has 0 rings (SSSR count). The number of hydrogen-bond acceptors (Lipinski definition) is 2. The Kier molecular flexibility index (Phi) is 7.35. The summed E-state index contributed by atoms with van der Waals surface area (Å²) in [4.78, 5) is 2.37. The second-order valence-electron chi connectivity index (χ2n) is 5.04. The minimum Gasteiger partial charge on any atom is -0.314 e. The van der Waals surface area contributed by atoms with Crippen molar-refractivity contribution >= 4 is 0 Å². The summed E-state index contributed by atoms with van der Waals surface area (Å²) < 4.78 is 0. The van der Waals surface area contributed by atoms with Gasteiger partial charge in [0.1, 0.15) is 0 Å². The van der Waals surface area contributed by atoms with E-state index in [1.165, 1.54) is 0 Å². The second-order valence-corrected chi connectivity index (χ2v) is 5.04. The van der Waals surface area contributed by atoms with Gasteiger partial charge in [0.05, 0.1) is 0 Å². The average Bonchev–Trinajstić information content (AvgIpc) is 2.18. The van der Waals surface area contributed by atoms with Gasteiger partial charge < -0.3 is 5.32 Å². The first-order valence-electron chi connectivity index (χ1n) is 6.15. The molecule has 0 aliphatic rings. The van der Waals surface area contributed by atoms with E-state index in [0.717, 1.165) is 26.2 Å². The minimum absolute atomic E-state index is 0.252. The summed E-state index contributed by atoms with van der Waals surface area (Å²) in [5, 5.41) is 3.50. The Labute approximate surface area is 101 Å². The van der Waals surface area contributed by atoms with Crippen LogP contribution in [0.15, 0.2) is 25.3 Å². The molecule has 0 heterocycles. The van der Waals surface area contributed by atoms with Crippen molar-refractivity contribution in [2.24, 2.45) is 5.41 Å². The van der Waals surface area contributed by atoms with Crippen molar-refractivity contribution in [3.63, 3.8) is 0 Å². The highest BCUT2D eigenvalue weighted by Crippen LogP contribution is 2.22. The van der Waals surface area contributed by atoms with Crippen LogP contribution in [0.3, 0.4) is 0 Å². The summed E-state index contributed by atoms with van der Waals surface area (Å²) in [7, 11) is 0. The Morgan fingerprint density at radius 1 is 1.25 bits per heavy atom. The fourth-order valence-electron chi connectivity index (χ4n) is 1.86. The molecule has 1 unspecified atom stereocenters. The van der Waals surface area contributed by atoms with E-state index >= 15 is 0 Å². The highest BCUT2D eigenvalue weighted by molar-refractivity contribution is 4.88. The van der Waals surface area contributed by atoms with E-state index in [9.17, 15) is 0 Å². The molecule has 1 atom stereocenters. The zero-order valence-electron chi connectivity index (χ0n) is 11.4. The molecule has 0 aliphatic carbocycles. The summed E-state index contributed by atoms with van der Waals surface area (Å²) in [6.07, 6.45) is 3.91. The van der Waals surface area contributed by atoms with Gasteiger partial charge in [0.2, 0.25) is 0 Å². The van der Waals surface area contributed by atoms with Crippen LogP contribution in [0.25, 0.3) is 0 Å². The van der Waals surface area contributed by atoms with E-state index in [1.807, 2.05) is 12.2 Å². The van der Waals surface area contributed by atoms with E-state index in [2.05, 4.69) is 51.1 Å². The highest BCUT2D eigenvalue weighted by Gasteiger charge is 2.27. The van der Waals surface area contributed by atoms with Crippen LogP contribution < -0.4 is 5.32 Å². The molecule has 0 aromatic heterocycles. The Morgan fingerprint density at radius 2 is 1.75 bits per heavy atom. The summed E-state index contributed by atoms with van der Waals surface area (Å²) in [5.74, 6) is 0. The summed E-state index contributed by atoms with van der Waals surface area (Å²) in [6.45, 7) is 20.5. The monoisotopic (exact) mass is 224 g/mol. The van der Waals surface area contributed by atoms with Crippen molar-refractivity contribution in [2.45, 2.75) is 33.7 Å².